The molecule has 1 radical (unpaired) electrons. The number of benzene rings is 1. The lowest BCUT2D eigenvalue weighted by molar-refractivity contribution is -0.137. The van der Waals surface area contributed by atoms with Gasteiger partial charge in [-0.2, -0.15) is 13.2 Å². The molecule has 0 amide bonds. The molecule has 1 aromatic carbocycles. The fraction of sp³-hybridized carbons (Fsp3) is 0.133. The first-order valence-electron chi connectivity index (χ1n) is 6.48. The topological polar surface area (TPSA) is 52.0 Å². The average molecular weight is 339 g/mol. The van der Waals surface area contributed by atoms with Crippen molar-refractivity contribution in [3.63, 3.8) is 0 Å². The maximum atomic E-state index is 12.7. The quantitative estimate of drug-likeness (QED) is 0.719. The number of halogens is 3. The SMILES string of the molecule is Cc1ccc(S(=O)(=O)n2c[c]c3cc(C(F)(F)F)cnc32)cc1. The van der Waals surface area contributed by atoms with Crippen LogP contribution in [0.1, 0.15) is 11.1 Å². The molecule has 4 nitrogen and oxygen atoms in total. The Kier molecular flexibility index (Phi) is 3.44. The van der Waals surface area contributed by atoms with Crippen molar-refractivity contribution in [2.24, 2.45) is 0 Å². The molecule has 0 spiro atoms. The van der Waals surface area contributed by atoms with Crippen LogP contribution in [0.3, 0.4) is 0 Å². The number of hydrogen-bond acceptors (Lipinski definition) is 3. The third kappa shape index (κ3) is 2.70. The molecule has 0 saturated heterocycles. The molecular formula is C15H10F3N2O2S. The highest BCUT2D eigenvalue weighted by Crippen LogP contribution is 2.31. The van der Waals surface area contributed by atoms with E-state index in [2.05, 4.69) is 11.1 Å². The minimum atomic E-state index is -4.55. The summed E-state index contributed by atoms with van der Waals surface area (Å²) in [4.78, 5) is 3.67. The summed E-state index contributed by atoms with van der Waals surface area (Å²) in [5, 5.41) is -0.0180. The number of pyridine rings is 1. The highest BCUT2D eigenvalue weighted by molar-refractivity contribution is 7.90. The normalized spacial score (nSPS) is 12.7. The van der Waals surface area contributed by atoms with Crippen molar-refractivity contribution >= 4 is 21.1 Å². The van der Waals surface area contributed by atoms with E-state index in [9.17, 15) is 21.6 Å². The fourth-order valence-corrected chi connectivity index (χ4v) is 3.36. The second-order valence-corrected chi connectivity index (χ2v) is 6.80. The maximum Gasteiger partial charge on any atom is 0.417 e. The molecule has 0 fully saturated rings. The van der Waals surface area contributed by atoms with Gasteiger partial charge in [0.25, 0.3) is 10.0 Å². The van der Waals surface area contributed by atoms with Crippen molar-refractivity contribution in [2.75, 3.05) is 0 Å². The molecule has 3 rings (SSSR count). The van der Waals surface area contributed by atoms with E-state index in [4.69, 9.17) is 0 Å². The molecular weight excluding hydrogens is 329 g/mol. The van der Waals surface area contributed by atoms with Gasteiger partial charge in [-0.1, -0.05) is 17.7 Å². The van der Waals surface area contributed by atoms with Gasteiger partial charge in [-0.3, -0.25) is 0 Å². The molecule has 3 aromatic rings. The first kappa shape index (κ1) is 15.5. The van der Waals surface area contributed by atoms with Gasteiger partial charge in [0.05, 0.1) is 10.5 Å². The molecule has 0 atom stereocenters. The number of aromatic nitrogens is 2. The summed E-state index contributed by atoms with van der Waals surface area (Å²) in [6, 6.07) is 9.47. The van der Waals surface area contributed by atoms with Crippen LogP contribution in [-0.2, 0) is 16.2 Å². The molecule has 23 heavy (non-hydrogen) atoms. The minimum Gasteiger partial charge on any atom is -0.237 e. The predicted molar refractivity (Wildman–Crippen MR) is 77.3 cm³/mol. The van der Waals surface area contributed by atoms with Gasteiger partial charge < -0.3 is 0 Å². The Morgan fingerprint density at radius 1 is 1.17 bits per heavy atom. The number of aryl methyl sites for hydroxylation is 1. The Hall–Kier alpha value is -2.35. The van der Waals surface area contributed by atoms with Crippen molar-refractivity contribution < 1.29 is 21.6 Å². The Morgan fingerprint density at radius 3 is 2.43 bits per heavy atom. The first-order valence-corrected chi connectivity index (χ1v) is 7.92. The van der Waals surface area contributed by atoms with E-state index < -0.39 is 21.8 Å². The van der Waals surface area contributed by atoms with Crippen molar-refractivity contribution in [1.82, 2.24) is 8.96 Å². The third-order valence-electron chi connectivity index (χ3n) is 3.32. The van der Waals surface area contributed by atoms with E-state index >= 15 is 0 Å². The van der Waals surface area contributed by atoms with E-state index in [0.29, 0.717) is 6.20 Å². The average Bonchev–Trinajstić information content (AvgIpc) is 2.90. The lowest BCUT2D eigenvalue weighted by Crippen LogP contribution is -2.13. The molecule has 0 saturated carbocycles. The van der Waals surface area contributed by atoms with Crippen molar-refractivity contribution in [1.29, 1.82) is 0 Å². The van der Waals surface area contributed by atoms with E-state index in [1.165, 1.54) is 12.1 Å². The Labute approximate surface area is 130 Å². The van der Waals surface area contributed by atoms with Crippen LogP contribution in [-0.4, -0.2) is 17.4 Å². The third-order valence-corrected chi connectivity index (χ3v) is 4.98. The van der Waals surface area contributed by atoms with E-state index in [1.807, 2.05) is 6.92 Å². The van der Waals surface area contributed by atoms with Gasteiger partial charge in [0, 0.05) is 23.8 Å². The molecule has 0 unspecified atom stereocenters. The molecule has 0 aliphatic heterocycles. The van der Waals surface area contributed by atoms with Crippen molar-refractivity contribution in [2.45, 2.75) is 18.0 Å². The second-order valence-electron chi connectivity index (χ2n) is 4.98. The van der Waals surface area contributed by atoms with Gasteiger partial charge in [-0.05, 0) is 25.1 Å². The summed E-state index contributed by atoms with van der Waals surface area (Å²) in [6.45, 7) is 1.81. The van der Waals surface area contributed by atoms with Gasteiger partial charge in [0.15, 0.2) is 5.65 Å². The van der Waals surface area contributed by atoms with Crippen LogP contribution < -0.4 is 0 Å². The summed E-state index contributed by atoms with van der Waals surface area (Å²) in [5.74, 6) is 0. The molecule has 0 bridgehead atoms. The lowest BCUT2D eigenvalue weighted by atomic mass is 10.2. The van der Waals surface area contributed by atoms with Gasteiger partial charge >= 0.3 is 6.18 Å². The number of alkyl halides is 3. The van der Waals surface area contributed by atoms with Crippen LogP contribution in [0.4, 0.5) is 13.2 Å². The second kappa shape index (κ2) is 5.09. The molecule has 0 aliphatic carbocycles. The number of fused-ring (bicyclic) bond motifs is 1. The largest absolute Gasteiger partial charge is 0.417 e. The Morgan fingerprint density at radius 2 is 1.83 bits per heavy atom. The van der Waals surface area contributed by atoms with E-state index in [-0.39, 0.29) is 15.9 Å². The zero-order chi connectivity index (χ0) is 16.8. The lowest BCUT2D eigenvalue weighted by Gasteiger charge is -2.09. The Balaban J connectivity index is 2.15. The molecule has 8 heteroatoms. The van der Waals surface area contributed by atoms with Crippen LogP contribution in [0.25, 0.3) is 11.0 Å². The zero-order valence-corrected chi connectivity index (χ0v) is 12.6. The summed E-state index contributed by atoms with van der Waals surface area (Å²) in [7, 11) is -3.95. The predicted octanol–water partition coefficient (Wildman–Crippen LogP) is 3.40. The number of hydrogen-bond donors (Lipinski definition) is 0. The van der Waals surface area contributed by atoms with Crippen molar-refractivity contribution in [3.8, 4) is 0 Å². The van der Waals surface area contributed by atoms with Crippen molar-refractivity contribution in [3.05, 3.63) is 59.9 Å². The van der Waals surface area contributed by atoms with Gasteiger partial charge in [0.2, 0.25) is 0 Å². The molecule has 2 aromatic heterocycles. The summed E-state index contributed by atoms with van der Waals surface area (Å²) >= 11 is 0. The molecule has 119 valence electrons. The van der Waals surface area contributed by atoms with Crippen LogP contribution >= 0.6 is 0 Å². The first-order chi connectivity index (χ1) is 10.7. The summed E-state index contributed by atoms with van der Waals surface area (Å²) in [5.41, 5.74) is -0.161. The highest BCUT2D eigenvalue weighted by Gasteiger charge is 2.31. The van der Waals surface area contributed by atoms with Crippen LogP contribution in [0.5, 0.6) is 0 Å². The highest BCUT2D eigenvalue weighted by atomic mass is 32.2. The van der Waals surface area contributed by atoms with Crippen LogP contribution in [0.2, 0.25) is 0 Å². The molecule has 0 aliphatic rings. The summed E-state index contributed by atoms with van der Waals surface area (Å²) in [6.07, 6.45) is -2.86. The standard InChI is InChI=1S/C15H10F3N2O2S/c1-10-2-4-13(5-3-10)23(21,22)20-7-6-11-8-12(15(16,17)18)9-19-14(11)20/h2-5,7-9H,1H3. The van der Waals surface area contributed by atoms with Gasteiger partial charge in [0.1, 0.15) is 0 Å². The molecule has 0 N–H and O–H groups in total. The van der Waals surface area contributed by atoms with Gasteiger partial charge in [-0.25, -0.2) is 17.4 Å². The van der Waals surface area contributed by atoms with Crippen LogP contribution in [0, 0.1) is 13.0 Å². The smallest absolute Gasteiger partial charge is 0.237 e. The minimum absolute atomic E-state index is 0.0180. The maximum absolute atomic E-state index is 12.7. The fourth-order valence-electron chi connectivity index (χ4n) is 2.09. The number of nitrogens with zero attached hydrogens (tertiary/aromatic N) is 2. The Bertz CT molecular complexity index is 974. The molecule has 2 heterocycles. The van der Waals surface area contributed by atoms with E-state index in [0.717, 1.165) is 21.8 Å². The monoisotopic (exact) mass is 339 g/mol. The summed E-state index contributed by atoms with van der Waals surface area (Å²) < 4.78 is 64.0. The van der Waals surface area contributed by atoms with Crippen LogP contribution in [0.15, 0.2) is 47.6 Å². The zero-order valence-electron chi connectivity index (χ0n) is 11.8. The van der Waals surface area contributed by atoms with E-state index in [1.54, 1.807) is 12.1 Å². The van der Waals surface area contributed by atoms with Gasteiger partial charge in [-0.15, -0.1) is 0 Å². The number of rotatable bonds is 2.